The fraction of sp³-hybridized carbons (Fsp3) is 0.231. The number of hydrogen-bond acceptors (Lipinski definition) is 2. The van der Waals surface area contributed by atoms with Gasteiger partial charge in [-0.25, -0.2) is 0 Å². The first kappa shape index (κ1) is 9.25. The lowest BCUT2D eigenvalue weighted by atomic mass is 10.1. The quantitative estimate of drug-likeness (QED) is 0.576. The third kappa shape index (κ3) is 2.16. The normalized spacial score (nSPS) is 19.3. The Kier molecular flexibility index (Phi) is 2.39. The van der Waals surface area contributed by atoms with E-state index in [0.29, 0.717) is 6.10 Å². The molecule has 0 aliphatic carbocycles. The van der Waals surface area contributed by atoms with Crippen LogP contribution >= 0.6 is 11.8 Å². The standard InChI is InChI=1S/C13H12OS/c1-2-4-11-7-13(6-5-10(11)3-1)15-9-12-8-14-12/h1-7,12H,8-9H2/t12-/m0/s1. The second-order valence-electron chi connectivity index (χ2n) is 3.78. The van der Waals surface area contributed by atoms with Gasteiger partial charge in [-0.15, -0.1) is 11.8 Å². The van der Waals surface area contributed by atoms with Crippen molar-refractivity contribution in [3.8, 4) is 0 Å². The second-order valence-corrected chi connectivity index (χ2v) is 4.87. The molecule has 1 atom stereocenters. The fourth-order valence-corrected chi connectivity index (χ4v) is 2.56. The molecular weight excluding hydrogens is 204 g/mol. The van der Waals surface area contributed by atoms with E-state index in [1.807, 2.05) is 11.8 Å². The van der Waals surface area contributed by atoms with Crippen LogP contribution in [0.2, 0.25) is 0 Å². The van der Waals surface area contributed by atoms with E-state index in [2.05, 4.69) is 42.5 Å². The van der Waals surface area contributed by atoms with Crippen LogP contribution in [-0.4, -0.2) is 18.5 Å². The molecular formula is C13H12OS. The Morgan fingerprint density at radius 2 is 1.93 bits per heavy atom. The highest BCUT2D eigenvalue weighted by Gasteiger charge is 2.22. The Morgan fingerprint density at radius 3 is 2.73 bits per heavy atom. The van der Waals surface area contributed by atoms with Crippen LogP contribution in [0.4, 0.5) is 0 Å². The molecule has 1 nitrogen and oxygen atoms in total. The number of rotatable bonds is 3. The highest BCUT2D eigenvalue weighted by molar-refractivity contribution is 7.99. The highest BCUT2D eigenvalue weighted by Crippen LogP contribution is 2.26. The summed E-state index contributed by atoms with van der Waals surface area (Å²) in [5.74, 6) is 1.08. The molecule has 1 aliphatic rings. The van der Waals surface area contributed by atoms with Crippen molar-refractivity contribution < 1.29 is 4.74 Å². The van der Waals surface area contributed by atoms with Gasteiger partial charge in [-0.3, -0.25) is 0 Å². The molecule has 2 aromatic carbocycles. The van der Waals surface area contributed by atoms with Crippen molar-refractivity contribution in [2.24, 2.45) is 0 Å². The van der Waals surface area contributed by atoms with Crippen LogP contribution in [0.25, 0.3) is 10.8 Å². The van der Waals surface area contributed by atoms with E-state index in [9.17, 15) is 0 Å². The first-order valence-electron chi connectivity index (χ1n) is 5.15. The first-order chi connectivity index (χ1) is 7.42. The van der Waals surface area contributed by atoms with Gasteiger partial charge in [0, 0.05) is 10.6 Å². The maximum atomic E-state index is 5.20. The van der Waals surface area contributed by atoms with Gasteiger partial charge in [0.15, 0.2) is 0 Å². The van der Waals surface area contributed by atoms with Gasteiger partial charge < -0.3 is 4.74 Å². The number of fused-ring (bicyclic) bond motifs is 1. The van der Waals surface area contributed by atoms with Crippen molar-refractivity contribution >= 4 is 22.5 Å². The summed E-state index contributed by atoms with van der Waals surface area (Å²) < 4.78 is 5.20. The molecule has 0 N–H and O–H groups in total. The van der Waals surface area contributed by atoms with Crippen molar-refractivity contribution in [3.63, 3.8) is 0 Å². The molecule has 1 aliphatic heterocycles. The summed E-state index contributed by atoms with van der Waals surface area (Å²) in [6.07, 6.45) is 0.501. The lowest BCUT2D eigenvalue weighted by Crippen LogP contribution is -1.88. The SMILES string of the molecule is c1ccc2cc(SC[C@@H]3CO3)ccc2c1. The van der Waals surface area contributed by atoms with E-state index in [0.717, 1.165) is 12.4 Å². The molecule has 15 heavy (non-hydrogen) atoms. The summed E-state index contributed by atoms with van der Waals surface area (Å²) in [6, 6.07) is 15.1. The van der Waals surface area contributed by atoms with Gasteiger partial charge in [0.1, 0.15) is 0 Å². The number of ether oxygens (including phenoxy) is 1. The molecule has 0 bridgehead atoms. The van der Waals surface area contributed by atoms with Crippen molar-refractivity contribution in [2.75, 3.05) is 12.4 Å². The van der Waals surface area contributed by atoms with Crippen LogP contribution in [0.3, 0.4) is 0 Å². The summed E-state index contributed by atoms with van der Waals surface area (Å²) in [5, 5.41) is 2.63. The van der Waals surface area contributed by atoms with E-state index in [-0.39, 0.29) is 0 Å². The minimum Gasteiger partial charge on any atom is -0.372 e. The van der Waals surface area contributed by atoms with Crippen LogP contribution in [0.1, 0.15) is 0 Å². The van der Waals surface area contributed by atoms with Gasteiger partial charge in [-0.2, -0.15) is 0 Å². The highest BCUT2D eigenvalue weighted by atomic mass is 32.2. The number of thioether (sulfide) groups is 1. The maximum Gasteiger partial charge on any atom is 0.0903 e. The minimum absolute atomic E-state index is 0.501. The Hall–Kier alpha value is -0.990. The van der Waals surface area contributed by atoms with Gasteiger partial charge in [-0.05, 0) is 22.9 Å². The lowest BCUT2D eigenvalue weighted by Gasteiger charge is -2.02. The van der Waals surface area contributed by atoms with Crippen LogP contribution in [0.15, 0.2) is 47.4 Å². The monoisotopic (exact) mass is 216 g/mol. The smallest absolute Gasteiger partial charge is 0.0903 e. The summed E-state index contributed by atoms with van der Waals surface area (Å²) in [7, 11) is 0. The van der Waals surface area contributed by atoms with E-state index >= 15 is 0 Å². The molecule has 3 rings (SSSR count). The summed E-state index contributed by atoms with van der Waals surface area (Å²) in [5.41, 5.74) is 0. The Morgan fingerprint density at radius 1 is 1.13 bits per heavy atom. The van der Waals surface area contributed by atoms with Crippen LogP contribution < -0.4 is 0 Å². The van der Waals surface area contributed by atoms with E-state index < -0.39 is 0 Å². The maximum absolute atomic E-state index is 5.20. The Bertz CT molecular complexity index is 477. The zero-order valence-corrected chi connectivity index (χ0v) is 9.17. The van der Waals surface area contributed by atoms with Crippen molar-refractivity contribution in [1.29, 1.82) is 0 Å². The van der Waals surface area contributed by atoms with Crippen molar-refractivity contribution in [3.05, 3.63) is 42.5 Å². The van der Waals surface area contributed by atoms with Gasteiger partial charge in [0.25, 0.3) is 0 Å². The average Bonchev–Trinajstić information content (AvgIpc) is 3.10. The number of benzene rings is 2. The topological polar surface area (TPSA) is 12.5 Å². The summed E-state index contributed by atoms with van der Waals surface area (Å²) in [4.78, 5) is 1.34. The molecule has 2 aromatic rings. The minimum atomic E-state index is 0.501. The first-order valence-corrected chi connectivity index (χ1v) is 6.13. The summed E-state index contributed by atoms with van der Waals surface area (Å²) in [6.45, 7) is 0.945. The van der Waals surface area contributed by atoms with E-state index in [1.165, 1.54) is 15.7 Å². The molecule has 1 heterocycles. The molecule has 0 unspecified atom stereocenters. The van der Waals surface area contributed by atoms with Gasteiger partial charge >= 0.3 is 0 Å². The second kappa shape index (κ2) is 3.87. The molecule has 0 aromatic heterocycles. The average molecular weight is 216 g/mol. The predicted octanol–water partition coefficient (Wildman–Crippen LogP) is 3.33. The van der Waals surface area contributed by atoms with Crippen LogP contribution in [-0.2, 0) is 4.74 Å². The molecule has 2 heteroatoms. The van der Waals surface area contributed by atoms with Gasteiger partial charge in [-0.1, -0.05) is 30.3 Å². The van der Waals surface area contributed by atoms with Crippen molar-refractivity contribution in [1.82, 2.24) is 0 Å². The third-order valence-electron chi connectivity index (χ3n) is 2.56. The van der Waals surface area contributed by atoms with E-state index in [1.54, 1.807) is 0 Å². The molecule has 0 spiro atoms. The third-order valence-corrected chi connectivity index (χ3v) is 3.68. The molecule has 1 saturated heterocycles. The zero-order valence-electron chi connectivity index (χ0n) is 8.35. The summed E-state index contributed by atoms with van der Waals surface area (Å²) >= 11 is 1.88. The molecule has 0 amide bonds. The van der Waals surface area contributed by atoms with E-state index in [4.69, 9.17) is 4.74 Å². The Balaban J connectivity index is 1.84. The zero-order chi connectivity index (χ0) is 10.1. The Labute approximate surface area is 93.4 Å². The molecule has 0 saturated carbocycles. The van der Waals surface area contributed by atoms with Crippen molar-refractivity contribution in [2.45, 2.75) is 11.0 Å². The van der Waals surface area contributed by atoms with Gasteiger partial charge in [0.2, 0.25) is 0 Å². The largest absolute Gasteiger partial charge is 0.372 e. The van der Waals surface area contributed by atoms with Crippen LogP contribution in [0.5, 0.6) is 0 Å². The fourth-order valence-electron chi connectivity index (χ4n) is 1.61. The molecule has 0 radical (unpaired) electrons. The van der Waals surface area contributed by atoms with Gasteiger partial charge in [0.05, 0.1) is 12.7 Å². The lowest BCUT2D eigenvalue weighted by molar-refractivity contribution is 0.426. The predicted molar refractivity (Wildman–Crippen MR) is 64.4 cm³/mol. The number of hydrogen-bond donors (Lipinski definition) is 0. The molecule has 76 valence electrons. The molecule has 1 fully saturated rings. The van der Waals surface area contributed by atoms with Crippen LogP contribution in [0, 0.1) is 0 Å². The number of epoxide rings is 1.